The second kappa shape index (κ2) is 6.37. The molecule has 0 aliphatic heterocycles. The van der Waals surface area contributed by atoms with Gasteiger partial charge in [0.05, 0.1) is 0 Å². The highest BCUT2D eigenvalue weighted by Gasteiger charge is 2.34. The third-order valence-corrected chi connectivity index (χ3v) is 2.95. The Morgan fingerprint density at radius 2 is 1.82 bits per heavy atom. The number of benzene rings is 1. The molecule has 4 nitrogen and oxygen atoms in total. The van der Waals surface area contributed by atoms with Crippen LogP contribution >= 0.6 is 0 Å². The summed E-state index contributed by atoms with van der Waals surface area (Å²) in [4.78, 5) is 11.3. The summed E-state index contributed by atoms with van der Waals surface area (Å²) in [7, 11) is 0. The lowest BCUT2D eigenvalue weighted by atomic mass is 9.86. The summed E-state index contributed by atoms with van der Waals surface area (Å²) < 4.78 is 0. The molecule has 0 fully saturated rings. The van der Waals surface area contributed by atoms with Crippen molar-refractivity contribution < 1.29 is 9.90 Å². The Morgan fingerprint density at radius 3 is 2.35 bits per heavy atom. The minimum Gasteiger partial charge on any atom is -0.480 e. The summed E-state index contributed by atoms with van der Waals surface area (Å²) in [6.45, 7) is 0.635. The molecule has 4 heteroatoms. The summed E-state index contributed by atoms with van der Waals surface area (Å²) in [6.07, 6.45) is 3.03. The quantitative estimate of drug-likeness (QED) is 0.625. The molecule has 0 radical (unpaired) electrons. The fraction of sp³-hybridized carbons (Fsp3) is 0.462. The molecule has 0 amide bonds. The molecule has 0 aliphatic carbocycles. The van der Waals surface area contributed by atoms with E-state index in [0.717, 1.165) is 19.3 Å². The van der Waals surface area contributed by atoms with E-state index in [0.29, 0.717) is 18.5 Å². The first-order chi connectivity index (χ1) is 8.11. The minimum atomic E-state index is -1.28. The first-order valence-corrected chi connectivity index (χ1v) is 5.89. The second-order valence-corrected chi connectivity index (χ2v) is 4.24. The van der Waals surface area contributed by atoms with E-state index in [1.165, 1.54) is 0 Å². The Balaban J connectivity index is 2.73. The molecule has 0 saturated carbocycles. The summed E-state index contributed by atoms with van der Waals surface area (Å²) in [5.74, 6) is -0.976. The van der Waals surface area contributed by atoms with E-state index in [2.05, 4.69) is 0 Å². The Morgan fingerprint density at radius 1 is 1.18 bits per heavy atom. The van der Waals surface area contributed by atoms with Crippen LogP contribution < -0.4 is 11.5 Å². The zero-order valence-corrected chi connectivity index (χ0v) is 9.93. The lowest BCUT2D eigenvalue weighted by Gasteiger charge is -2.25. The number of carboxylic acids is 1. The smallest absolute Gasteiger partial charge is 0.328 e. The lowest BCUT2D eigenvalue weighted by molar-refractivity contribution is -0.144. The molecule has 1 aromatic carbocycles. The standard InChI is InChI=1S/C13H20N2O2/c14-10-6-2-5-9-13(15,12(16)17)11-7-3-1-4-8-11/h1,3-4,7-8H,2,5-6,9-10,14-15H2,(H,16,17)/t13-/m0/s1. The summed E-state index contributed by atoms with van der Waals surface area (Å²) in [5.41, 5.74) is 10.8. The zero-order valence-electron chi connectivity index (χ0n) is 9.93. The van der Waals surface area contributed by atoms with Crippen LogP contribution in [0.5, 0.6) is 0 Å². The predicted molar refractivity (Wildman–Crippen MR) is 67.5 cm³/mol. The van der Waals surface area contributed by atoms with Gasteiger partial charge in [-0.05, 0) is 24.9 Å². The van der Waals surface area contributed by atoms with Crippen molar-refractivity contribution in [3.63, 3.8) is 0 Å². The number of unbranched alkanes of at least 4 members (excludes halogenated alkanes) is 2. The van der Waals surface area contributed by atoms with Gasteiger partial charge in [-0.25, -0.2) is 4.79 Å². The molecular weight excluding hydrogens is 216 g/mol. The molecule has 0 aromatic heterocycles. The van der Waals surface area contributed by atoms with Crippen molar-refractivity contribution in [2.45, 2.75) is 31.2 Å². The highest BCUT2D eigenvalue weighted by molar-refractivity contribution is 5.80. The maximum absolute atomic E-state index is 11.3. The fourth-order valence-corrected chi connectivity index (χ4v) is 1.84. The Hall–Kier alpha value is -1.39. The second-order valence-electron chi connectivity index (χ2n) is 4.24. The normalized spacial score (nSPS) is 14.2. The Labute approximate surface area is 102 Å². The molecule has 5 N–H and O–H groups in total. The predicted octanol–water partition coefficient (Wildman–Crippen LogP) is 1.44. The van der Waals surface area contributed by atoms with Gasteiger partial charge >= 0.3 is 5.97 Å². The average molecular weight is 236 g/mol. The zero-order chi connectivity index (χ0) is 12.7. The van der Waals surface area contributed by atoms with E-state index >= 15 is 0 Å². The van der Waals surface area contributed by atoms with Crippen molar-refractivity contribution in [3.05, 3.63) is 35.9 Å². The van der Waals surface area contributed by atoms with Gasteiger partial charge in [-0.1, -0.05) is 43.2 Å². The monoisotopic (exact) mass is 236 g/mol. The van der Waals surface area contributed by atoms with Gasteiger partial charge in [0.2, 0.25) is 0 Å². The van der Waals surface area contributed by atoms with Crippen LogP contribution in [0, 0.1) is 0 Å². The SMILES string of the molecule is NCCCCC[C@@](N)(C(=O)O)c1ccccc1. The number of carbonyl (C=O) groups is 1. The van der Waals surface area contributed by atoms with Gasteiger partial charge < -0.3 is 16.6 Å². The van der Waals surface area contributed by atoms with Crippen LogP contribution in [0.1, 0.15) is 31.2 Å². The van der Waals surface area contributed by atoms with E-state index in [-0.39, 0.29) is 0 Å². The maximum atomic E-state index is 11.3. The fourth-order valence-electron chi connectivity index (χ4n) is 1.84. The number of rotatable bonds is 7. The minimum absolute atomic E-state index is 0.437. The highest BCUT2D eigenvalue weighted by atomic mass is 16.4. The van der Waals surface area contributed by atoms with Crippen LogP contribution in [0.2, 0.25) is 0 Å². The molecule has 0 saturated heterocycles. The van der Waals surface area contributed by atoms with Crippen LogP contribution in [-0.4, -0.2) is 17.6 Å². The van der Waals surface area contributed by atoms with E-state index in [1.807, 2.05) is 6.07 Å². The molecule has 17 heavy (non-hydrogen) atoms. The topological polar surface area (TPSA) is 89.3 Å². The summed E-state index contributed by atoms with van der Waals surface area (Å²) >= 11 is 0. The van der Waals surface area contributed by atoms with Crippen LogP contribution in [-0.2, 0) is 10.3 Å². The average Bonchev–Trinajstić information content (AvgIpc) is 2.35. The summed E-state index contributed by atoms with van der Waals surface area (Å²) in [5, 5.41) is 9.29. The molecule has 1 rings (SSSR count). The van der Waals surface area contributed by atoms with Gasteiger partial charge in [-0.3, -0.25) is 0 Å². The first kappa shape index (κ1) is 13.7. The molecule has 1 atom stereocenters. The molecular formula is C13H20N2O2. The van der Waals surface area contributed by atoms with Gasteiger partial charge in [0.1, 0.15) is 5.54 Å². The number of nitrogens with two attached hydrogens (primary N) is 2. The van der Waals surface area contributed by atoms with Crippen molar-refractivity contribution in [1.29, 1.82) is 0 Å². The van der Waals surface area contributed by atoms with Gasteiger partial charge in [-0.15, -0.1) is 0 Å². The number of hydrogen-bond donors (Lipinski definition) is 3. The largest absolute Gasteiger partial charge is 0.480 e. The van der Waals surface area contributed by atoms with Gasteiger partial charge in [0, 0.05) is 0 Å². The highest BCUT2D eigenvalue weighted by Crippen LogP contribution is 2.25. The number of aliphatic carboxylic acids is 1. The summed E-state index contributed by atoms with van der Waals surface area (Å²) in [6, 6.07) is 8.98. The van der Waals surface area contributed by atoms with Gasteiger partial charge in [-0.2, -0.15) is 0 Å². The Kier molecular flexibility index (Phi) is 5.12. The third-order valence-electron chi connectivity index (χ3n) is 2.95. The van der Waals surface area contributed by atoms with Crippen LogP contribution in [0.3, 0.4) is 0 Å². The molecule has 0 aliphatic rings. The van der Waals surface area contributed by atoms with Crippen molar-refractivity contribution in [2.24, 2.45) is 11.5 Å². The van der Waals surface area contributed by atoms with Crippen LogP contribution in [0.15, 0.2) is 30.3 Å². The molecule has 94 valence electrons. The number of hydrogen-bond acceptors (Lipinski definition) is 3. The molecule has 0 bridgehead atoms. The van der Waals surface area contributed by atoms with Crippen molar-refractivity contribution in [2.75, 3.05) is 6.54 Å². The van der Waals surface area contributed by atoms with E-state index in [9.17, 15) is 9.90 Å². The van der Waals surface area contributed by atoms with Gasteiger partial charge in [0.15, 0.2) is 0 Å². The maximum Gasteiger partial charge on any atom is 0.328 e. The van der Waals surface area contributed by atoms with Crippen LogP contribution in [0.4, 0.5) is 0 Å². The molecule has 0 unspecified atom stereocenters. The molecule has 0 spiro atoms. The van der Waals surface area contributed by atoms with E-state index in [1.54, 1.807) is 24.3 Å². The van der Waals surface area contributed by atoms with Crippen molar-refractivity contribution in [3.8, 4) is 0 Å². The van der Waals surface area contributed by atoms with E-state index < -0.39 is 11.5 Å². The van der Waals surface area contributed by atoms with E-state index in [4.69, 9.17) is 11.5 Å². The molecule has 1 aromatic rings. The van der Waals surface area contributed by atoms with Crippen LogP contribution in [0.25, 0.3) is 0 Å². The first-order valence-electron chi connectivity index (χ1n) is 5.89. The Bertz CT molecular complexity index is 354. The lowest BCUT2D eigenvalue weighted by Crippen LogP contribution is -2.44. The van der Waals surface area contributed by atoms with Crippen molar-refractivity contribution in [1.82, 2.24) is 0 Å². The molecule has 0 heterocycles. The van der Waals surface area contributed by atoms with Gasteiger partial charge in [0.25, 0.3) is 0 Å². The van der Waals surface area contributed by atoms with Crippen molar-refractivity contribution >= 4 is 5.97 Å². The number of carboxylic acid groups (broad SMARTS) is 1. The third kappa shape index (κ3) is 3.54.